The predicted octanol–water partition coefficient (Wildman–Crippen LogP) is 6.94. The number of halogens is 2. The molecule has 1 fully saturated rings. The molecule has 0 amide bonds. The predicted molar refractivity (Wildman–Crippen MR) is 171 cm³/mol. The number of hydrogen-bond donors (Lipinski definition) is 2. The highest BCUT2D eigenvalue weighted by Crippen LogP contribution is 2.46. The molecular formula is C32H33Cl2N5O3. The van der Waals surface area contributed by atoms with Crippen molar-refractivity contribution >= 4 is 57.1 Å². The van der Waals surface area contributed by atoms with Crippen molar-refractivity contribution in [3.63, 3.8) is 0 Å². The highest BCUT2D eigenvalue weighted by atomic mass is 35.5. The highest BCUT2D eigenvalue weighted by Gasteiger charge is 2.24. The fourth-order valence-corrected chi connectivity index (χ4v) is 5.92. The second-order valence-corrected chi connectivity index (χ2v) is 11.2. The van der Waals surface area contributed by atoms with Gasteiger partial charge in [0.15, 0.2) is 5.78 Å². The Labute approximate surface area is 255 Å². The Kier molecular flexibility index (Phi) is 8.87. The number of aryl methyl sites for hydroxylation is 1. The Morgan fingerprint density at radius 3 is 2.50 bits per heavy atom. The van der Waals surface area contributed by atoms with Gasteiger partial charge < -0.3 is 25.0 Å². The Balaban J connectivity index is 1.60. The number of nitrogens with one attached hydrogen (secondary N) is 2. The molecule has 8 nitrogen and oxygen atoms in total. The van der Waals surface area contributed by atoms with Gasteiger partial charge in [0.25, 0.3) is 0 Å². The molecule has 42 heavy (non-hydrogen) atoms. The number of ether oxygens (including phenoxy) is 2. The summed E-state index contributed by atoms with van der Waals surface area (Å²) >= 11 is 13.5. The van der Waals surface area contributed by atoms with E-state index in [2.05, 4.69) is 29.2 Å². The van der Waals surface area contributed by atoms with E-state index < -0.39 is 0 Å². The smallest absolute Gasteiger partial charge is 0.159 e. The Hall–Kier alpha value is -3.85. The molecule has 218 valence electrons. The van der Waals surface area contributed by atoms with Crippen LogP contribution in [0, 0.1) is 12.8 Å². The number of aromatic nitrogens is 2. The van der Waals surface area contributed by atoms with Crippen molar-refractivity contribution in [1.82, 2.24) is 14.9 Å². The van der Waals surface area contributed by atoms with Crippen LogP contribution in [0.1, 0.15) is 11.1 Å². The number of para-hydroxylation sites is 1. The van der Waals surface area contributed by atoms with E-state index in [1.165, 1.54) is 6.08 Å². The third-order valence-corrected chi connectivity index (χ3v) is 8.20. The molecule has 1 aliphatic heterocycles. The van der Waals surface area contributed by atoms with Gasteiger partial charge in [-0.25, -0.2) is 9.97 Å². The lowest BCUT2D eigenvalue weighted by molar-refractivity contribution is -0.114. The maximum absolute atomic E-state index is 12.2. The largest absolute Gasteiger partial charge is 0.495 e. The summed E-state index contributed by atoms with van der Waals surface area (Å²) in [4.78, 5) is 24.2. The number of ketones is 1. The van der Waals surface area contributed by atoms with Crippen molar-refractivity contribution in [2.45, 2.75) is 13.3 Å². The van der Waals surface area contributed by atoms with Gasteiger partial charge in [-0.3, -0.25) is 4.79 Å². The number of carbonyl (C=O) groups is 1. The first-order valence-electron chi connectivity index (χ1n) is 13.6. The van der Waals surface area contributed by atoms with Gasteiger partial charge in [-0.05, 0) is 43.3 Å². The van der Waals surface area contributed by atoms with Crippen LogP contribution in [0.2, 0.25) is 10.0 Å². The van der Waals surface area contributed by atoms with Crippen LogP contribution in [-0.4, -0.2) is 61.6 Å². The van der Waals surface area contributed by atoms with Crippen LogP contribution >= 0.6 is 23.2 Å². The molecule has 0 radical (unpaired) electrons. The van der Waals surface area contributed by atoms with Crippen molar-refractivity contribution in [3.05, 3.63) is 76.4 Å². The van der Waals surface area contributed by atoms with Gasteiger partial charge in [-0.2, -0.15) is 0 Å². The third kappa shape index (κ3) is 6.02. The summed E-state index contributed by atoms with van der Waals surface area (Å²) in [6.45, 7) is 8.40. The SMILES string of the molecule is C=CC(=O)Cc1cccc(C)c1Nc1cc2c(NCC3CN(C)C3)nc(-c3c(Cl)c(OC)cc(OC)c3Cl)cc2cn1. The van der Waals surface area contributed by atoms with E-state index in [1.807, 2.05) is 37.3 Å². The minimum atomic E-state index is -0.0496. The van der Waals surface area contributed by atoms with Gasteiger partial charge in [0, 0.05) is 66.3 Å². The molecular weight excluding hydrogens is 573 g/mol. The average Bonchev–Trinajstić information content (AvgIpc) is 2.96. The molecule has 5 rings (SSSR count). The molecule has 4 aromatic rings. The van der Waals surface area contributed by atoms with Crippen molar-refractivity contribution in [1.29, 1.82) is 0 Å². The third-order valence-electron chi connectivity index (χ3n) is 7.45. The number of nitrogens with zero attached hydrogens (tertiary/aromatic N) is 3. The lowest BCUT2D eigenvalue weighted by Gasteiger charge is -2.36. The maximum atomic E-state index is 12.2. The molecule has 0 atom stereocenters. The zero-order valence-electron chi connectivity index (χ0n) is 24.1. The van der Waals surface area contributed by atoms with Crippen LogP contribution < -0.4 is 20.1 Å². The van der Waals surface area contributed by atoms with E-state index in [0.717, 1.165) is 47.2 Å². The number of pyridine rings is 2. The summed E-state index contributed by atoms with van der Waals surface area (Å²) < 4.78 is 11.0. The molecule has 0 spiro atoms. The molecule has 3 heterocycles. The molecule has 0 bridgehead atoms. The van der Waals surface area contributed by atoms with Crippen molar-refractivity contribution in [2.75, 3.05) is 51.5 Å². The van der Waals surface area contributed by atoms with Crippen molar-refractivity contribution < 1.29 is 14.3 Å². The van der Waals surface area contributed by atoms with Crippen molar-refractivity contribution in [2.24, 2.45) is 5.92 Å². The molecule has 0 unspecified atom stereocenters. The Morgan fingerprint density at radius 2 is 1.86 bits per heavy atom. The quantitative estimate of drug-likeness (QED) is 0.178. The minimum Gasteiger partial charge on any atom is -0.495 e. The fourth-order valence-electron chi connectivity index (χ4n) is 5.23. The highest BCUT2D eigenvalue weighted by molar-refractivity contribution is 6.41. The normalized spacial score (nSPS) is 13.5. The van der Waals surface area contributed by atoms with Crippen LogP contribution in [0.15, 0.2) is 55.3 Å². The minimum absolute atomic E-state index is 0.0496. The van der Waals surface area contributed by atoms with Crippen LogP contribution in [0.3, 0.4) is 0 Å². The molecule has 2 N–H and O–H groups in total. The summed E-state index contributed by atoms with van der Waals surface area (Å²) in [6, 6.07) is 11.4. The molecule has 0 aliphatic carbocycles. The first-order chi connectivity index (χ1) is 20.2. The maximum Gasteiger partial charge on any atom is 0.159 e. The van der Waals surface area contributed by atoms with Crippen LogP contribution in [0.5, 0.6) is 11.5 Å². The topological polar surface area (TPSA) is 88.6 Å². The number of allylic oxidation sites excluding steroid dienone is 1. The van der Waals surface area contributed by atoms with E-state index >= 15 is 0 Å². The van der Waals surface area contributed by atoms with Gasteiger partial charge >= 0.3 is 0 Å². The van der Waals surface area contributed by atoms with E-state index in [4.69, 9.17) is 42.6 Å². The number of anilines is 3. The first kappa shape index (κ1) is 29.6. The summed E-state index contributed by atoms with van der Waals surface area (Å²) in [6.07, 6.45) is 3.38. The molecule has 10 heteroatoms. The van der Waals surface area contributed by atoms with E-state index in [-0.39, 0.29) is 12.2 Å². The number of fused-ring (bicyclic) bond motifs is 1. The van der Waals surface area contributed by atoms with Gasteiger partial charge in [-0.15, -0.1) is 0 Å². The van der Waals surface area contributed by atoms with Crippen molar-refractivity contribution in [3.8, 4) is 22.8 Å². The molecule has 1 saturated heterocycles. The van der Waals surface area contributed by atoms with Gasteiger partial charge in [0.05, 0.1) is 30.0 Å². The van der Waals surface area contributed by atoms with Gasteiger partial charge in [0.1, 0.15) is 23.1 Å². The van der Waals surface area contributed by atoms with E-state index in [0.29, 0.717) is 50.4 Å². The summed E-state index contributed by atoms with van der Waals surface area (Å²) in [7, 11) is 5.19. The second-order valence-electron chi connectivity index (χ2n) is 10.5. The zero-order chi connectivity index (χ0) is 30.0. The van der Waals surface area contributed by atoms with E-state index in [1.54, 1.807) is 26.5 Å². The monoisotopic (exact) mass is 605 g/mol. The number of hydrogen-bond acceptors (Lipinski definition) is 8. The molecule has 1 aliphatic rings. The van der Waals surface area contributed by atoms with Gasteiger partial charge in [0.2, 0.25) is 0 Å². The fraction of sp³-hybridized carbons (Fsp3) is 0.281. The molecule has 2 aromatic heterocycles. The lowest BCUT2D eigenvalue weighted by atomic mass is 10.0. The lowest BCUT2D eigenvalue weighted by Crippen LogP contribution is -2.46. The van der Waals surface area contributed by atoms with Gasteiger partial charge in [-0.1, -0.05) is 48.0 Å². The average molecular weight is 607 g/mol. The Morgan fingerprint density at radius 1 is 1.14 bits per heavy atom. The van der Waals surface area contributed by atoms with E-state index in [9.17, 15) is 4.79 Å². The molecule has 0 saturated carbocycles. The summed E-state index contributed by atoms with van der Waals surface area (Å²) in [5.41, 5.74) is 3.80. The summed E-state index contributed by atoms with van der Waals surface area (Å²) in [5.74, 6) is 2.64. The standard InChI is InChI=1S/C32H33Cl2N5O3/c1-6-22(40)10-20-9-7-8-18(2)31(20)38-27-12-23-21(15-35-27)11-24(37-32(23)36-14-19-16-39(3)17-19)28-29(33)25(41-4)13-26(42-5)30(28)34/h6-9,11-13,15,19H,1,10,14,16-17H2,2-5H3,(H,35,38)(H,36,37). The number of likely N-dealkylation sites (tertiary alicyclic amines) is 1. The number of methoxy groups -OCH3 is 2. The zero-order valence-corrected chi connectivity index (χ0v) is 25.6. The number of rotatable bonds is 11. The first-order valence-corrected chi connectivity index (χ1v) is 14.3. The van der Waals surface area contributed by atoms with Crippen LogP contribution in [-0.2, 0) is 11.2 Å². The van der Waals surface area contributed by atoms with Crippen LogP contribution in [0.25, 0.3) is 22.0 Å². The Bertz CT molecular complexity index is 1640. The number of benzene rings is 2. The summed E-state index contributed by atoms with van der Waals surface area (Å²) in [5, 5.41) is 9.42. The number of carbonyl (C=O) groups excluding carboxylic acids is 1. The van der Waals surface area contributed by atoms with Crippen LogP contribution in [0.4, 0.5) is 17.3 Å². The second kappa shape index (κ2) is 12.6. The molecule has 2 aromatic carbocycles.